The predicted molar refractivity (Wildman–Crippen MR) is 41.6 cm³/mol. The van der Waals surface area contributed by atoms with Gasteiger partial charge < -0.3 is 10.8 Å². The molecule has 1 fully saturated rings. The molecule has 0 radical (unpaired) electrons. The van der Waals surface area contributed by atoms with Crippen molar-refractivity contribution in [1.82, 2.24) is 0 Å². The quantitative estimate of drug-likeness (QED) is 0.578. The molecule has 2 atom stereocenters. The van der Waals surface area contributed by atoms with E-state index in [-0.39, 0.29) is 6.04 Å². The summed E-state index contributed by atoms with van der Waals surface area (Å²) in [5.74, 6) is 0.660. The summed E-state index contributed by atoms with van der Waals surface area (Å²) in [7, 11) is 0. The smallest absolute Gasteiger partial charge is 0.155 e. The van der Waals surface area contributed by atoms with Crippen LogP contribution in [0.5, 0.6) is 0 Å². The van der Waals surface area contributed by atoms with Crippen molar-refractivity contribution in [2.24, 2.45) is 11.7 Å². The highest BCUT2D eigenvalue weighted by atomic mass is 16.3. The summed E-state index contributed by atoms with van der Waals surface area (Å²) in [5, 5.41) is 17.3. The Morgan fingerprint density at radius 2 is 2.27 bits per heavy atom. The fraction of sp³-hybridized carbons (Fsp3) is 0.875. The van der Waals surface area contributed by atoms with Crippen molar-refractivity contribution in [3.8, 4) is 6.07 Å². The van der Waals surface area contributed by atoms with Gasteiger partial charge >= 0.3 is 0 Å². The van der Waals surface area contributed by atoms with Crippen LogP contribution in [-0.2, 0) is 0 Å². The van der Waals surface area contributed by atoms with E-state index >= 15 is 0 Å². The van der Waals surface area contributed by atoms with Gasteiger partial charge in [0, 0.05) is 6.04 Å². The van der Waals surface area contributed by atoms with Gasteiger partial charge in [-0.15, -0.1) is 0 Å². The summed E-state index contributed by atoms with van der Waals surface area (Å²) < 4.78 is 0. The van der Waals surface area contributed by atoms with Gasteiger partial charge in [0.05, 0.1) is 6.07 Å². The molecule has 0 aromatic carbocycles. The SMILES string of the molecule is N#CC(O)C(N)CC1CCC1. The van der Waals surface area contributed by atoms with Crippen LogP contribution in [0.15, 0.2) is 0 Å². The zero-order chi connectivity index (χ0) is 8.27. The van der Waals surface area contributed by atoms with Gasteiger partial charge in [-0.3, -0.25) is 0 Å². The molecule has 3 nitrogen and oxygen atoms in total. The van der Waals surface area contributed by atoms with E-state index in [1.165, 1.54) is 19.3 Å². The Hall–Kier alpha value is -0.590. The molecule has 0 aromatic rings. The van der Waals surface area contributed by atoms with E-state index in [1.807, 2.05) is 0 Å². The van der Waals surface area contributed by atoms with Gasteiger partial charge in [0.25, 0.3) is 0 Å². The number of aliphatic hydroxyl groups excluding tert-OH is 1. The molecule has 3 heteroatoms. The number of hydrogen-bond donors (Lipinski definition) is 2. The zero-order valence-corrected chi connectivity index (χ0v) is 6.53. The van der Waals surface area contributed by atoms with Crippen LogP contribution in [0.4, 0.5) is 0 Å². The Balaban J connectivity index is 2.19. The van der Waals surface area contributed by atoms with E-state index in [0.29, 0.717) is 5.92 Å². The maximum Gasteiger partial charge on any atom is 0.155 e. The summed E-state index contributed by atoms with van der Waals surface area (Å²) in [4.78, 5) is 0. The van der Waals surface area contributed by atoms with Crippen LogP contribution in [0, 0.1) is 17.2 Å². The highest BCUT2D eigenvalue weighted by Crippen LogP contribution is 2.30. The maximum absolute atomic E-state index is 9.01. The van der Waals surface area contributed by atoms with Crippen LogP contribution in [0.3, 0.4) is 0 Å². The van der Waals surface area contributed by atoms with Crippen LogP contribution in [-0.4, -0.2) is 17.3 Å². The van der Waals surface area contributed by atoms with Crippen molar-refractivity contribution in [3.63, 3.8) is 0 Å². The lowest BCUT2D eigenvalue weighted by Crippen LogP contribution is -2.36. The molecule has 3 N–H and O–H groups in total. The molecule has 1 saturated carbocycles. The molecular weight excluding hydrogens is 140 g/mol. The molecule has 0 aliphatic heterocycles. The second-order valence-electron chi connectivity index (χ2n) is 3.27. The van der Waals surface area contributed by atoms with Crippen LogP contribution in [0.2, 0.25) is 0 Å². The largest absolute Gasteiger partial charge is 0.376 e. The van der Waals surface area contributed by atoms with Gasteiger partial charge in [-0.05, 0) is 12.3 Å². The molecule has 0 aromatic heterocycles. The standard InChI is InChI=1S/C8H14N2O/c9-5-8(11)7(10)4-6-2-1-3-6/h6-8,11H,1-4,10H2. The molecule has 0 bridgehead atoms. The third-order valence-corrected chi connectivity index (χ3v) is 2.37. The highest BCUT2D eigenvalue weighted by molar-refractivity contribution is 4.92. The van der Waals surface area contributed by atoms with E-state index in [4.69, 9.17) is 16.1 Å². The number of hydrogen-bond acceptors (Lipinski definition) is 3. The lowest BCUT2D eigenvalue weighted by Gasteiger charge is -2.28. The minimum absolute atomic E-state index is 0.342. The van der Waals surface area contributed by atoms with E-state index in [9.17, 15) is 0 Å². The Morgan fingerprint density at radius 3 is 2.64 bits per heavy atom. The first-order chi connectivity index (χ1) is 5.24. The van der Waals surface area contributed by atoms with Crippen LogP contribution < -0.4 is 5.73 Å². The van der Waals surface area contributed by atoms with Crippen molar-refractivity contribution in [2.75, 3.05) is 0 Å². The van der Waals surface area contributed by atoms with Crippen molar-refractivity contribution < 1.29 is 5.11 Å². The van der Waals surface area contributed by atoms with Gasteiger partial charge in [-0.2, -0.15) is 5.26 Å². The Morgan fingerprint density at radius 1 is 1.64 bits per heavy atom. The van der Waals surface area contributed by atoms with Crippen molar-refractivity contribution in [3.05, 3.63) is 0 Å². The van der Waals surface area contributed by atoms with Crippen molar-refractivity contribution >= 4 is 0 Å². The lowest BCUT2D eigenvalue weighted by atomic mass is 9.80. The fourth-order valence-corrected chi connectivity index (χ4v) is 1.34. The maximum atomic E-state index is 9.01. The molecule has 11 heavy (non-hydrogen) atoms. The molecular formula is C8H14N2O. The first kappa shape index (κ1) is 8.51. The van der Waals surface area contributed by atoms with E-state index in [2.05, 4.69) is 0 Å². The van der Waals surface area contributed by atoms with Crippen LogP contribution >= 0.6 is 0 Å². The lowest BCUT2D eigenvalue weighted by molar-refractivity contribution is 0.163. The van der Waals surface area contributed by atoms with E-state index in [0.717, 1.165) is 6.42 Å². The molecule has 1 aliphatic carbocycles. The Bertz CT molecular complexity index is 160. The normalized spacial score (nSPS) is 23.4. The molecule has 1 aliphatic rings. The summed E-state index contributed by atoms with van der Waals surface area (Å²) in [6.07, 6.45) is 3.53. The van der Waals surface area contributed by atoms with Crippen LogP contribution in [0.25, 0.3) is 0 Å². The minimum atomic E-state index is -0.976. The van der Waals surface area contributed by atoms with Gasteiger partial charge in [0.1, 0.15) is 0 Å². The van der Waals surface area contributed by atoms with Gasteiger partial charge in [-0.1, -0.05) is 19.3 Å². The molecule has 2 unspecified atom stereocenters. The minimum Gasteiger partial charge on any atom is -0.376 e. The Labute approximate surface area is 66.8 Å². The van der Waals surface area contributed by atoms with Gasteiger partial charge in [-0.25, -0.2) is 0 Å². The van der Waals surface area contributed by atoms with E-state index in [1.54, 1.807) is 6.07 Å². The predicted octanol–water partition coefficient (Wildman–Crippen LogP) is 0.388. The summed E-state index contributed by atoms with van der Waals surface area (Å²) >= 11 is 0. The summed E-state index contributed by atoms with van der Waals surface area (Å²) in [6.45, 7) is 0. The van der Waals surface area contributed by atoms with Gasteiger partial charge in [0.2, 0.25) is 0 Å². The third kappa shape index (κ3) is 2.18. The first-order valence-electron chi connectivity index (χ1n) is 4.07. The number of aliphatic hydroxyl groups is 1. The topological polar surface area (TPSA) is 70.0 Å². The number of nitrogens with zero attached hydrogens (tertiary/aromatic N) is 1. The van der Waals surface area contributed by atoms with Crippen molar-refractivity contribution in [2.45, 2.75) is 37.8 Å². The molecule has 62 valence electrons. The molecule has 0 heterocycles. The molecule has 0 amide bonds. The monoisotopic (exact) mass is 154 g/mol. The number of nitriles is 1. The summed E-state index contributed by atoms with van der Waals surface area (Å²) in [5.41, 5.74) is 5.57. The highest BCUT2D eigenvalue weighted by Gasteiger charge is 2.23. The number of rotatable bonds is 3. The number of nitrogens with two attached hydrogens (primary N) is 1. The van der Waals surface area contributed by atoms with Crippen molar-refractivity contribution in [1.29, 1.82) is 5.26 Å². The Kier molecular flexibility index (Phi) is 2.86. The second-order valence-corrected chi connectivity index (χ2v) is 3.27. The molecule has 0 saturated heterocycles. The van der Waals surface area contributed by atoms with Crippen LogP contribution in [0.1, 0.15) is 25.7 Å². The first-order valence-corrected chi connectivity index (χ1v) is 4.07. The zero-order valence-electron chi connectivity index (χ0n) is 6.53. The van der Waals surface area contributed by atoms with E-state index < -0.39 is 6.10 Å². The fourth-order valence-electron chi connectivity index (χ4n) is 1.34. The third-order valence-electron chi connectivity index (χ3n) is 2.37. The second kappa shape index (κ2) is 3.70. The molecule has 1 rings (SSSR count). The average molecular weight is 154 g/mol. The average Bonchev–Trinajstić information content (AvgIpc) is 1.94. The summed E-state index contributed by atoms with van der Waals surface area (Å²) in [6, 6.07) is 1.41. The van der Waals surface area contributed by atoms with Gasteiger partial charge in [0.15, 0.2) is 6.10 Å². The molecule has 0 spiro atoms.